The van der Waals surface area contributed by atoms with E-state index in [1.807, 2.05) is 33.2 Å². The fourth-order valence-electron chi connectivity index (χ4n) is 3.09. The number of aryl methyl sites for hydroxylation is 1. The average molecular weight is 524 g/mol. The maximum atomic E-state index is 11.6. The molecule has 36 heavy (non-hydrogen) atoms. The third-order valence-electron chi connectivity index (χ3n) is 4.54. The summed E-state index contributed by atoms with van der Waals surface area (Å²) in [6.45, 7) is 15.0. The Labute approximate surface area is 220 Å². The van der Waals surface area contributed by atoms with Crippen molar-refractivity contribution >= 4 is 30.4 Å². The highest BCUT2D eigenvalue weighted by atomic mass is 32.1. The van der Waals surface area contributed by atoms with Crippen LogP contribution < -0.4 is 16.8 Å². The Balaban J connectivity index is 0. The second-order valence-corrected chi connectivity index (χ2v) is 9.91. The fourth-order valence-corrected chi connectivity index (χ4v) is 3.90. The van der Waals surface area contributed by atoms with Gasteiger partial charge in [-0.05, 0) is 43.5 Å². The van der Waals surface area contributed by atoms with E-state index in [-0.39, 0.29) is 23.8 Å². The van der Waals surface area contributed by atoms with Crippen molar-refractivity contribution in [2.45, 2.75) is 60.1 Å². The summed E-state index contributed by atoms with van der Waals surface area (Å²) in [6, 6.07) is 8.64. The molecule has 1 fully saturated rings. The standard InChI is InChI=1S/C12H14N2S.C10H19NO2.C2H7N.CH3NO.CH2O/c1-9-12(15-8-14-9)11-5-3-10(4-6-11)7-13-2;1-10(2,3)6-9(13)11-5-4-8(12)7-11;1-2-3;2-1-3;1-2/h3-6,8,13H,7H2,1-2H3;8,12H,4-7H2,1-3H3;2-3H2,1H3;1H,(H2,2,3);1H2. The van der Waals surface area contributed by atoms with Crippen LogP contribution in [0.15, 0.2) is 29.8 Å². The molecule has 0 radical (unpaired) electrons. The van der Waals surface area contributed by atoms with Gasteiger partial charge >= 0.3 is 0 Å². The number of nitrogens with zero attached hydrogens (tertiary/aromatic N) is 2. The number of carbonyl (C=O) groups is 3. The van der Waals surface area contributed by atoms with Gasteiger partial charge in [0.05, 0.1) is 22.2 Å². The number of hydrogen-bond donors (Lipinski definition) is 4. The number of rotatable bonds is 4. The van der Waals surface area contributed by atoms with Crippen LogP contribution in [0, 0.1) is 12.3 Å². The molecule has 204 valence electrons. The van der Waals surface area contributed by atoms with Crippen molar-refractivity contribution in [1.82, 2.24) is 15.2 Å². The van der Waals surface area contributed by atoms with E-state index in [1.165, 1.54) is 16.0 Å². The van der Waals surface area contributed by atoms with Gasteiger partial charge < -0.3 is 31.6 Å². The number of aliphatic hydroxyl groups is 1. The molecular weight excluding hydrogens is 478 g/mol. The molecule has 1 aliphatic rings. The Morgan fingerprint density at radius 2 is 1.83 bits per heavy atom. The van der Waals surface area contributed by atoms with E-state index in [2.05, 4.69) is 61.1 Å². The van der Waals surface area contributed by atoms with Crippen molar-refractivity contribution in [3.05, 3.63) is 41.0 Å². The zero-order valence-corrected chi connectivity index (χ0v) is 23.4. The minimum atomic E-state index is -0.302. The summed E-state index contributed by atoms with van der Waals surface area (Å²) in [5, 5.41) is 12.4. The first kappa shape index (κ1) is 35.5. The van der Waals surface area contributed by atoms with E-state index < -0.39 is 0 Å². The SMILES string of the molecule is C=O.CC(C)(C)CC(=O)N1CCC(O)C1.CCN.CNCc1ccc(-c2scnc2C)cc1.NC=O. The number of hydrogen-bond acceptors (Lipinski definition) is 8. The number of aliphatic hydroxyl groups excluding tert-OH is 1. The largest absolute Gasteiger partial charge is 0.391 e. The number of carbonyl (C=O) groups excluding carboxylic acids is 3. The van der Waals surface area contributed by atoms with Crippen LogP contribution >= 0.6 is 11.3 Å². The van der Waals surface area contributed by atoms with E-state index in [9.17, 15) is 9.90 Å². The minimum absolute atomic E-state index is 0.0463. The molecule has 9 nitrogen and oxygen atoms in total. The lowest BCUT2D eigenvalue weighted by atomic mass is 9.92. The number of aromatic nitrogens is 1. The van der Waals surface area contributed by atoms with Gasteiger partial charge in [0.1, 0.15) is 6.79 Å². The lowest BCUT2D eigenvalue weighted by molar-refractivity contribution is -0.132. The van der Waals surface area contributed by atoms with Crippen LogP contribution in [0.2, 0.25) is 0 Å². The van der Waals surface area contributed by atoms with Crippen molar-refractivity contribution in [2.75, 3.05) is 26.7 Å². The second-order valence-electron chi connectivity index (χ2n) is 9.06. The summed E-state index contributed by atoms with van der Waals surface area (Å²) >= 11 is 1.70. The second kappa shape index (κ2) is 20.5. The number of thiazole rings is 1. The van der Waals surface area contributed by atoms with Crippen molar-refractivity contribution in [2.24, 2.45) is 16.9 Å². The van der Waals surface area contributed by atoms with Crippen LogP contribution in [0.1, 0.15) is 51.8 Å². The van der Waals surface area contributed by atoms with Crippen LogP contribution in [-0.4, -0.2) is 66.9 Å². The molecule has 2 heterocycles. The third kappa shape index (κ3) is 16.1. The molecule has 1 unspecified atom stereocenters. The van der Waals surface area contributed by atoms with E-state index in [1.54, 1.807) is 16.2 Å². The minimum Gasteiger partial charge on any atom is -0.391 e. The highest BCUT2D eigenvalue weighted by molar-refractivity contribution is 7.13. The van der Waals surface area contributed by atoms with Gasteiger partial charge in [-0.2, -0.15) is 0 Å². The Bertz CT molecular complexity index is 838. The topological polar surface area (TPSA) is 152 Å². The lowest BCUT2D eigenvalue weighted by Gasteiger charge is -2.22. The van der Waals surface area contributed by atoms with Crippen molar-refractivity contribution in [3.8, 4) is 10.4 Å². The van der Waals surface area contributed by atoms with Gasteiger partial charge in [-0.25, -0.2) is 4.98 Å². The zero-order chi connectivity index (χ0) is 28.1. The highest BCUT2D eigenvalue weighted by Gasteiger charge is 2.27. The number of nitrogens with two attached hydrogens (primary N) is 2. The first-order valence-electron chi connectivity index (χ1n) is 11.8. The summed E-state index contributed by atoms with van der Waals surface area (Å²) in [5.74, 6) is 0.170. The molecule has 3 rings (SSSR count). The average Bonchev–Trinajstić information content (AvgIpc) is 3.45. The van der Waals surface area contributed by atoms with Crippen LogP contribution in [0.5, 0.6) is 0 Å². The predicted molar refractivity (Wildman–Crippen MR) is 148 cm³/mol. The summed E-state index contributed by atoms with van der Waals surface area (Å²) in [5.41, 5.74) is 14.6. The van der Waals surface area contributed by atoms with Gasteiger partial charge in [0.15, 0.2) is 0 Å². The Morgan fingerprint density at radius 1 is 1.31 bits per heavy atom. The molecule has 1 aromatic carbocycles. The molecule has 1 aliphatic heterocycles. The lowest BCUT2D eigenvalue weighted by Crippen LogP contribution is -2.32. The summed E-state index contributed by atoms with van der Waals surface area (Å²) < 4.78 is 0. The van der Waals surface area contributed by atoms with E-state index in [4.69, 9.17) is 15.3 Å². The third-order valence-corrected chi connectivity index (χ3v) is 5.52. The molecule has 1 atom stereocenters. The number of nitrogens with one attached hydrogen (secondary N) is 1. The Hall–Kier alpha value is -2.66. The number of β-amino-alcohol motifs (C(OH)–C–C–N with tert-alkyl or cyclic N) is 1. The molecule has 1 saturated heterocycles. The van der Waals surface area contributed by atoms with Crippen LogP contribution in [0.4, 0.5) is 0 Å². The molecule has 0 saturated carbocycles. The molecule has 2 amide bonds. The summed E-state index contributed by atoms with van der Waals surface area (Å²) in [4.78, 5) is 35.5. The first-order valence-corrected chi connectivity index (χ1v) is 12.6. The molecule has 6 N–H and O–H groups in total. The van der Waals surface area contributed by atoms with E-state index in [0.29, 0.717) is 13.0 Å². The fraction of sp³-hybridized carbons (Fsp3) is 0.538. The monoisotopic (exact) mass is 523 g/mol. The molecule has 0 bridgehead atoms. The number of likely N-dealkylation sites (tertiary alicyclic amines) is 1. The van der Waals surface area contributed by atoms with E-state index in [0.717, 1.165) is 31.7 Å². The van der Waals surface area contributed by atoms with Gasteiger partial charge in [-0.15, -0.1) is 11.3 Å². The predicted octanol–water partition coefficient (Wildman–Crippen LogP) is 2.74. The maximum absolute atomic E-state index is 11.6. The molecule has 2 aromatic rings. The van der Waals surface area contributed by atoms with Gasteiger partial charge in [-0.3, -0.25) is 9.59 Å². The van der Waals surface area contributed by atoms with Crippen LogP contribution in [-0.2, 0) is 20.9 Å². The van der Waals surface area contributed by atoms with Crippen molar-refractivity contribution < 1.29 is 19.5 Å². The van der Waals surface area contributed by atoms with Crippen LogP contribution in [0.3, 0.4) is 0 Å². The Kier molecular flexibility index (Phi) is 20.2. The van der Waals surface area contributed by atoms with Crippen molar-refractivity contribution in [1.29, 1.82) is 0 Å². The quantitative estimate of drug-likeness (QED) is 0.450. The van der Waals surface area contributed by atoms with E-state index >= 15 is 0 Å². The van der Waals surface area contributed by atoms with Gasteiger partial charge in [0, 0.05) is 26.1 Å². The van der Waals surface area contributed by atoms with Gasteiger partial charge in [-0.1, -0.05) is 52.0 Å². The first-order chi connectivity index (χ1) is 17.0. The molecule has 1 aromatic heterocycles. The maximum Gasteiger partial charge on any atom is 0.223 e. The zero-order valence-electron chi connectivity index (χ0n) is 22.6. The molecule has 10 heteroatoms. The highest BCUT2D eigenvalue weighted by Crippen LogP contribution is 2.27. The number of primary amides is 1. The molecule has 0 aliphatic carbocycles. The number of amides is 2. The Morgan fingerprint density at radius 3 is 2.19 bits per heavy atom. The van der Waals surface area contributed by atoms with Gasteiger partial charge in [0.2, 0.25) is 12.3 Å². The normalized spacial score (nSPS) is 13.9. The summed E-state index contributed by atoms with van der Waals surface area (Å²) in [7, 11) is 1.96. The smallest absolute Gasteiger partial charge is 0.223 e. The molecule has 0 spiro atoms. The van der Waals surface area contributed by atoms with Crippen LogP contribution in [0.25, 0.3) is 10.4 Å². The summed E-state index contributed by atoms with van der Waals surface area (Å²) in [6.07, 6.45) is 1.25. The number of benzene rings is 1. The molecular formula is C26H45N5O4S. The van der Waals surface area contributed by atoms with Gasteiger partial charge in [0.25, 0.3) is 0 Å². The van der Waals surface area contributed by atoms with Crippen molar-refractivity contribution in [3.63, 3.8) is 0 Å².